The monoisotopic (exact) mass is 671 g/mol. The van der Waals surface area contributed by atoms with Crippen LogP contribution in [0.15, 0.2) is 113 Å². The van der Waals surface area contributed by atoms with E-state index >= 15 is 0 Å². The SMILES string of the molecule is CCOc1ccccc1CCNNC(=O)[C@@]1(Cc2ccccc2Br)N=C(c2ccc(OCCCO)cc2)O[C@H]1c1ccccc1. The van der Waals surface area contributed by atoms with Gasteiger partial charge in [0.15, 0.2) is 11.6 Å². The third-order valence-corrected chi connectivity index (χ3v) is 8.32. The fraction of sp³-hybridized carbons (Fsp3) is 0.278. The number of aliphatic imine (C=N–C) groups is 1. The molecule has 0 spiro atoms. The highest BCUT2D eigenvalue weighted by molar-refractivity contribution is 9.10. The molecule has 0 radical (unpaired) electrons. The molecule has 1 amide bonds. The number of amides is 1. The van der Waals surface area contributed by atoms with Gasteiger partial charge in [-0.2, -0.15) is 0 Å². The van der Waals surface area contributed by atoms with Crippen LogP contribution in [0.2, 0.25) is 0 Å². The third kappa shape index (κ3) is 7.92. The number of ether oxygens (including phenoxy) is 3. The van der Waals surface area contributed by atoms with E-state index in [4.69, 9.17) is 24.3 Å². The minimum absolute atomic E-state index is 0.0701. The molecule has 1 aliphatic rings. The van der Waals surface area contributed by atoms with Crippen LogP contribution in [-0.2, 0) is 22.4 Å². The predicted octanol–water partition coefficient (Wildman–Crippen LogP) is 5.97. The van der Waals surface area contributed by atoms with Gasteiger partial charge in [-0.15, -0.1) is 0 Å². The lowest BCUT2D eigenvalue weighted by molar-refractivity contribution is -0.130. The van der Waals surface area contributed by atoms with Crippen LogP contribution < -0.4 is 20.3 Å². The molecule has 0 saturated heterocycles. The summed E-state index contributed by atoms with van der Waals surface area (Å²) in [6.07, 6.45) is 0.811. The number of nitrogens with one attached hydrogen (secondary N) is 2. The van der Waals surface area contributed by atoms with Crippen LogP contribution in [-0.4, -0.2) is 48.8 Å². The number of para-hydroxylation sites is 1. The molecule has 1 heterocycles. The molecule has 0 aliphatic carbocycles. The zero-order chi connectivity index (χ0) is 31.5. The number of nitrogens with zero attached hydrogens (tertiary/aromatic N) is 1. The molecule has 2 atom stereocenters. The summed E-state index contributed by atoms with van der Waals surface area (Å²) < 4.78 is 19.0. The first kappa shape index (κ1) is 32.2. The molecule has 4 aromatic carbocycles. The summed E-state index contributed by atoms with van der Waals surface area (Å²) >= 11 is 3.68. The van der Waals surface area contributed by atoms with Gasteiger partial charge in [-0.05, 0) is 66.4 Å². The molecule has 8 nitrogen and oxygen atoms in total. The quantitative estimate of drug-likeness (QED) is 0.106. The average molecular weight is 673 g/mol. The first-order valence-electron chi connectivity index (χ1n) is 15.2. The Morgan fingerprint density at radius 1 is 0.933 bits per heavy atom. The van der Waals surface area contributed by atoms with Crippen LogP contribution in [0.4, 0.5) is 0 Å². The number of hydrazine groups is 1. The molecule has 45 heavy (non-hydrogen) atoms. The molecule has 0 aromatic heterocycles. The lowest BCUT2D eigenvalue weighted by Gasteiger charge is -2.31. The van der Waals surface area contributed by atoms with Gasteiger partial charge in [-0.25, -0.2) is 10.4 Å². The van der Waals surface area contributed by atoms with Crippen LogP contribution in [0, 0.1) is 0 Å². The van der Waals surface area contributed by atoms with E-state index < -0.39 is 11.6 Å². The Bertz CT molecular complexity index is 1580. The molecular formula is C36H38BrN3O5. The molecule has 0 saturated carbocycles. The smallest absolute Gasteiger partial charge is 0.266 e. The van der Waals surface area contributed by atoms with Crippen molar-refractivity contribution in [2.75, 3.05) is 26.4 Å². The van der Waals surface area contributed by atoms with Crippen LogP contribution >= 0.6 is 15.9 Å². The number of carbonyl (C=O) groups excluding carboxylic acids is 1. The van der Waals surface area contributed by atoms with Crippen LogP contribution in [0.25, 0.3) is 0 Å². The molecule has 234 valence electrons. The minimum atomic E-state index is -1.33. The standard InChI is InChI=1S/C36H38BrN3O5/c1-2-43-32-16-9-7-11-26(32)21-22-38-40-35(42)36(25-29-14-6-8-15-31(29)37)33(27-12-4-3-5-13-27)45-34(39-36)28-17-19-30(20-18-28)44-24-10-23-41/h3-9,11-20,33,38,41H,2,10,21-25H2,1H3,(H,40,42)/t33-,36-/m0/s1. The number of hydrogen-bond donors (Lipinski definition) is 3. The Morgan fingerprint density at radius 2 is 1.64 bits per heavy atom. The van der Waals surface area contributed by atoms with Gasteiger partial charge in [-0.3, -0.25) is 10.2 Å². The van der Waals surface area contributed by atoms with E-state index in [0.717, 1.165) is 32.5 Å². The number of halogens is 1. The highest BCUT2D eigenvalue weighted by Crippen LogP contribution is 2.43. The number of aliphatic hydroxyl groups is 1. The van der Waals surface area contributed by atoms with E-state index in [9.17, 15) is 4.79 Å². The summed E-state index contributed by atoms with van der Waals surface area (Å²) in [5.41, 5.74) is 8.33. The Morgan fingerprint density at radius 3 is 2.38 bits per heavy atom. The zero-order valence-electron chi connectivity index (χ0n) is 25.2. The average Bonchev–Trinajstić information content (AvgIpc) is 3.46. The molecule has 0 fully saturated rings. The summed E-state index contributed by atoms with van der Waals surface area (Å²) in [6.45, 7) is 3.53. The lowest BCUT2D eigenvalue weighted by atomic mass is 9.82. The van der Waals surface area contributed by atoms with Crippen molar-refractivity contribution in [1.29, 1.82) is 0 Å². The lowest BCUT2D eigenvalue weighted by Crippen LogP contribution is -2.54. The summed E-state index contributed by atoms with van der Waals surface area (Å²) in [6, 6.07) is 32.9. The number of hydrogen-bond acceptors (Lipinski definition) is 7. The van der Waals surface area contributed by atoms with Gasteiger partial charge < -0.3 is 19.3 Å². The van der Waals surface area contributed by atoms with Crippen molar-refractivity contribution in [3.8, 4) is 11.5 Å². The van der Waals surface area contributed by atoms with Crippen molar-refractivity contribution in [3.05, 3.63) is 130 Å². The van der Waals surface area contributed by atoms with Gasteiger partial charge in [0.2, 0.25) is 5.90 Å². The largest absolute Gasteiger partial charge is 0.494 e. The molecule has 1 aliphatic heterocycles. The zero-order valence-corrected chi connectivity index (χ0v) is 26.8. The first-order chi connectivity index (χ1) is 22.0. The van der Waals surface area contributed by atoms with Crippen LogP contribution in [0.1, 0.15) is 41.7 Å². The molecule has 0 bridgehead atoms. The van der Waals surface area contributed by atoms with E-state index in [2.05, 4.69) is 26.8 Å². The highest BCUT2D eigenvalue weighted by Gasteiger charge is 2.53. The molecule has 4 aromatic rings. The van der Waals surface area contributed by atoms with Crippen molar-refractivity contribution in [2.24, 2.45) is 4.99 Å². The highest BCUT2D eigenvalue weighted by atomic mass is 79.9. The van der Waals surface area contributed by atoms with Crippen molar-refractivity contribution < 1.29 is 24.1 Å². The fourth-order valence-corrected chi connectivity index (χ4v) is 5.72. The maximum absolute atomic E-state index is 14.4. The van der Waals surface area contributed by atoms with Gasteiger partial charge in [0, 0.05) is 36.0 Å². The normalized spacial score (nSPS) is 17.3. The Hall–Kier alpha value is -4.18. The van der Waals surface area contributed by atoms with Crippen LogP contribution in [0.3, 0.4) is 0 Å². The summed E-state index contributed by atoms with van der Waals surface area (Å²) in [5.74, 6) is 1.59. The maximum Gasteiger partial charge on any atom is 0.266 e. The summed E-state index contributed by atoms with van der Waals surface area (Å²) in [4.78, 5) is 19.5. The van der Waals surface area contributed by atoms with E-state index in [-0.39, 0.29) is 12.5 Å². The minimum Gasteiger partial charge on any atom is -0.494 e. The van der Waals surface area contributed by atoms with Crippen molar-refractivity contribution in [1.82, 2.24) is 10.9 Å². The fourth-order valence-electron chi connectivity index (χ4n) is 5.30. The molecular weight excluding hydrogens is 634 g/mol. The second-order valence-corrected chi connectivity index (χ2v) is 11.5. The predicted molar refractivity (Wildman–Crippen MR) is 178 cm³/mol. The van der Waals surface area contributed by atoms with Crippen LogP contribution in [0.5, 0.6) is 11.5 Å². The summed E-state index contributed by atoms with van der Waals surface area (Å²) in [7, 11) is 0. The van der Waals surface area contributed by atoms with Gasteiger partial charge >= 0.3 is 0 Å². The summed E-state index contributed by atoms with van der Waals surface area (Å²) in [5, 5.41) is 9.06. The third-order valence-electron chi connectivity index (χ3n) is 7.54. The Kier molecular flexibility index (Phi) is 11.2. The number of aliphatic hydroxyl groups excluding tert-OH is 1. The maximum atomic E-state index is 14.4. The van der Waals surface area contributed by atoms with E-state index in [1.165, 1.54) is 0 Å². The second-order valence-electron chi connectivity index (χ2n) is 10.6. The number of rotatable bonds is 15. The Labute approximate surface area is 272 Å². The topological polar surface area (TPSA) is 101 Å². The first-order valence-corrected chi connectivity index (χ1v) is 16.0. The number of carbonyl (C=O) groups is 1. The van der Waals surface area contributed by atoms with E-state index in [0.29, 0.717) is 50.7 Å². The van der Waals surface area contributed by atoms with Gasteiger partial charge in [0.05, 0.1) is 13.2 Å². The van der Waals surface area contributed by atoms with E-state index in [1.54, 1.807) is 0 Å². The molecule has 3 N–H and O–H groups in total. The molecule has 5 rings (SSSR count). The molecule has 0 unspecified atom stereocenters. The second kappa shape index (κ2) is 15.7. The van der Waals surface area contributed by atoms with Crippen molar-refractivity contribution >= 4 is 27.7 Å². The van der Waals surface area contributed by atoms with E-state index in [1.807, 2.05) is 110 Å². The molecule has 9 heteroatoms. The van der Waals surface area contributed by atoms with Crippen molar-refractivity contribution in [3.63, 3.8) is 0 Å². The van der Waals surface area contributed by atoms with Gasteiger partial charge in [0.25, 0.3) is 5.91 Å². The van der Waals surface area contributed by atoms with Gasteiger partial charge in [-0.1, -0.05) is 82.7 Å². The van der Waals surface area contributed by atoms with Gasteiger partial charge in [0.1, 0.15) is 11.5 Å². The number of benzene rings is 4. The Balaban J connectivity index is 1.45. The van der Waals surface area contributed by atoms with Crippen molar-refractivity contribution in [2.45, 2.75) is 37.8 Å².